The molecule has 0 aromatic rings. The average molecular weight is 111 g/mol. The minimum atomic E-state index is -0.442. The van der Waals surface area contributed by atoms with Crippen LogP contribution in [-0.4, -0.2) is 11.9 Å². The molecule has 0 bridgehead atoms. The molecule has 1 rings (SSSR count). The lowest BCUT2D eigenvalue weighted by molar-refractivity contribution is -0.130. The number of nitrogens with zero attached hydrogens (tertiary/aromatic N) is 1. The lowest BCUT2D eigenvalue weighted by Crippen LogP contribution is -1.98. The maximum atomic E-state index is 10.3. The minimum absolute atomic E-state index is 0.183. The number of rotatable bonds is 0. The van der Waals surface area contributed by atoms with Crippen molar-refractivity contribution in [3.05, 3.63) is 12.3 Å². The van der Waals surface area contributed by atoms with Gasteiger partial charge >= 0.3 is 5.97 Å². The number of cyclic esters (lactones) is 1. The van der Waals surface area contributed by atoms with Gasteiger partial charge < -0.3 is 4.74 Å². The summed E-state index contributed by atoms with van der Waals surface area (Å²) in [6.07, 6.45) is 0. The summed E-state index contributed by atoms with van der Waals surface area (Å²) in [5, 5.41) is 0. The Morgan fingerprint density at radius 2 is 2.38 bits per heavy atom. The minimum Gasteiger partial charge on any atom is -0.407 e. The normalized spacial score (nSPS) is 18.4. The summed E-state index contributed by atoms with van der Waals surface area (Å²) in [7, 11) is 0. The standard InChI is InChI=1S/C5H5NO2/c1-3-5(7)8-4(2)6-3/h1H2,2H3. The zero-order valence-electron chi connectivity index (χ0n) is 4.47. The molecule has 0 radical (unpaired) electrons. The van der Waals surface area contributed by atoms with E-state index in [2.05, 4.69) is 16.3 Å². The Morgan fingerprint density at radius 1 is 1.75 bits per heavy atom. The highest BCUT2D eigenvalue weighted by molar-refractivity contribution is 6.03. The van der Waals surface area contributed by atoms with Crippen LogP contribution in [0.5, 0.6) is 0 Å². The summed E-state index contributed by atoms with van der Waals surface area (Å²) in [6.45, 7) is 4.93. The Morgan fingerprint density at radius 3 is 2.50 bits per heavy atom. The van der Waals surface area contributed by atoms with Crippen LogP contribution in [0.15, 0.2) is 17.3 Å². The van der Waals surface area contributed by atoms with E-state index in [1.165, 1.54) is 0 Å². The predicted octanol–water partition coefficient (Wildman–Crippen LogP) is 0.475. The fourth-order valence-electron chi connectivity index (χ4n) is 0.452. The highest BCUT2D eigenvalue weighted by atomic mass is 16.6. The van der Waals surface area contributed by atoms with Gasteiger partial charge in [0.05, 0.1) is 0 Å². The van der Waals surface area contributed by atoms with Crippen LogP contribution in [0.2, 0.25) is 0 Å². The molecule has 0 fully saturated rings. The van der Waals surface area contributed by atoms with Crippen molar-refractivity contribution in [2.75, 3.05) is 0 Å². The first-order valence-electron chi connectivity index (χ1n) is 2.16. The summed E-state index contributed by atoms with van der Waals surface area (Å²) in [5.41, 5.74) is 0.183. The summed E-state index contributed by atoms with van der Waals surface area (Å²) < 4.78 is 4.48. The van der Waals surface area contributed by atoms with E-state index in [9.17, 15) is 4.79 Å². The Bertz CT molecular complexity index is 181. The van der Waals surface area contributed by atoms with Crippen LogP contribution in [0.3, 0.4) is 0 Å². The molecule has 42 valence electrons. The fraction of sp³-hybridized carbons (Fsp3) is 0.200. The fourth-order valence-corrected chi connectivity index (χ4v) is 0.452. The van der Waals surface area contributed by atoms with E-state index in [-0.39, 0.29) is 5.70 Å². The molecule has 0 saturated carbocycles. The van der Waals surface area contributed by atoms with Crippen LogP contribution in [0.1, 0.15) is 6.92 Å². The molecule has 0 N–H and O–H groups in total. The van der Waals surface area contributed by atoms with Crippen LogP contribution < -0.4 is 0 Å². The van der Waals surface area contributed by atoms with E-state index in [4.69, 9.17) is 0 Å². The van der Waals surface area contributed by atoms with Gasteiger partial charge in [0, 0.05) is 6.92 Å². The van der Waals surface area contributed by atoms with E-state index in [1.807, 2.05) is 0 Å². The molecule has 0 unspecified atom stereocenters. The summed E-state index contributed by atoms with van der Waals surface area (Å²) in [5.74, 6) is -0.0671. The van der Waals surface area contributed by atoms with E-state index < -0.39 is 5.97 Å². The van der Waals surface area contributed by atoms with Gasteiger partial charge in [-0.15, -0.1) is 0 Å². The van der Waals surface area contributed by atoms with Gasteiger partial charge in [0.15, 0.2) is 5.90 Å². The molecule has 0 spiro atoms. The molecule has 0 amide bonds. The molecule has 0 saturated heterocycles. The zero-order chi connectivity index (χ0) is 6.15. The first kappa shape index (κ1) is 5.03. The maximum absolute atomic E-state index is 10.3. The summed E-state index contributed by atoms with van der Waals surface area (Å²) in [6, 6.07) is 0. The lowest BCUT2D eigenvalue weighted by atomic mass is 10.5. The Labute approximate surface area is 46.7 Å². The summed E-state index contributed by atoms with van der Waals surface area (Å²) >= 11 is 0. The van der Waals surface area contributed by atoms with E-state index in [0.29, 0.717) is 5.90 Å². The quantitative estimate of drug-likeness (QED) is 0.337. The predicted molar refractivity (Wildman–Crippen MR) is 28.3 cm³/mol. The van der Waals surface area contributed by atoms with Crippen LogP contribution in [0, 0.1) is 0 Å². The van der Waals surface area contributed by atoms with Crippen molar-refractivity contribution in [3.8, 4) is 0 Å². The number of hydrogen-bond acceptors (Lipinski definition) is 3. The first-order valence-corrected chi connectivity index (χ1v) is 2.16. The highest BCUT2D eigenvalue weighted by Gasteiger charge is 2.16. The molecule has 0 atom stereocenters. The molecule has 0 aromatic carbocycles. The van der Waals surface area contributed by atoms with Crippen molar-refractivity contribution < 1.29 is 9.53 Å². The maximum Gasteiger partial charge on any atom is 0.362 e. The monoisotopic (exact) mass is 111 g/mol. The SMILES string of the molecule is C=C1N=C(C)OC1=O. The Balaban J connectivity index is 2.85. The number of aliphatic imine (C=N–C) groups is 1. The average Bonchev–Trinajstić information content (AvgIpc) is 1.85. The number of carbonyl (C=O) groups is 1. The van der Waals surface area contributed by atoms with Crippen LogP contribution >= 0.6 is 0 Å². The first-order chi connectivity index (χ1) is 3.70. The van der Waals surface area contributed by atoms with Gasteiger partial charge in [-0.2, -0.15) is 0 Å². The third-order valence-corrected chi connectivity index (χ3v) is 0.768. The van der Waals surface area contributed by atoms with Crippen LogP contribution in [-0.2, 0) is 9.53 Å². The van der Waals surface area contributed by atoms with E-state index in [1.54, 1.807) is 6.92 Å². The highest BCUT2D eigenvalue weighted by Crippen LogP contribution is 2.05. The van der Waals surface area contributed by atoms with Crippen molar-refractivity contribution in [1.29, 1.82) is 0 Å². The van der Waals surface area contributed by atoms with E-state index in [0.717, 1.165) is 0 Å². The number of ether oxygens (including phenoxy) is 1. The second-order valence-electron chi connectivity index (χ2n) is 1.47. The molecule has 1 aliphatic rings. The summed E-state index contributed by atoms with van der Waals surface area (Å²) in [4.78, 5) is 14.0. The Kier molecular flexibility index (Phi) is 0.901. The second kappa shape index (κ2) is 1.43. The van der Waals surface area contributed by atoms with Crippen molar-refractivity contribution in [1.82, 2.24) is 0 Å². The molecular formula is C5H5NO2. The van der Waals surface area contributed by atoms with E-state index >= 15 is 0 Å². The van der Waals surface area contributed by atoms with Gasteiger partial charge in [-0.3, -0.25) is 0 Å². The van der Waals surface area contributed by atoms with Gasteiger partial charge in [0.25, 0.3) is 0 Å². The van der Waals surface area contributed by atoms with Crippen molar-refractivity contribution in [2.45, 2.75) is 6.92 Å². The topological polar surface area (TPSA) is 38.7 Å². The smallest absolute Gasteiger partial charge is 0.362 e. The third kappa shape index (κ3) is 0.621. The van der Waals surface area contributed by atoms with Gasteiger partial charge in [-0.25, -0.2) is 9.79 Å². The van der Waals surface area contributed by atoms with Crippen molar-refractivity contribution in [2.24, 2.45) is 4.99 Å². The van der Waals surface area contributed by atoms with Crippen molar-refractivity contribution in [3.63, 3.8) is 0 Å². The van der Waals surface area contributed by atoms with Gasteiger partial charge in [0.2, 0.25) is 0 Å². The molecular weight excluding hydrogens is 106 g/mol. The second-order valence-corrected chi connectivity index (χ2v) is 1.47. The van der Waals surface area contributed by atoms with Crippen molar-refractivity contribution >= 4 is 11.9 Å². The molecule has 3 nitrogen and oxygen atoms in total. The lowest BCUT2D eigenvalue weighted by Gasteiger charge is -1.84. The number of carbonyl (C=O) groups excluding carboxylic acids is 1. The Hall–Kier alpha value is -1.12. The molecule has 3 heteroatoms. The van der Waals surface area contributed by atoms with Crippen LogP contribution in [0.25, 0.3) is 0 Å². The number of esters is 1. The van der Waals surface area contributed by atoms with Gasteiger partial charge in [-0.05, 0) is 0 Å². The molecule has 1 heterocycles. The zero-order valence-corrected chi connectivity index (χ0v) is 4.47. The third-order valence-electron chi connectivity index (χ3n) is 0.768. The molecule has 8 heavy (non-hydrogen) atoms. The molecule has 0 aliphatic carbocycles. The number of hydrogen-bond donors (Lipinski definition) is 0. The van der Waals surface area contributed by atoms with Gasteiger partial charge in [0.1, 0.15) is 5.70 Å². The molecule has 0 aromatic heterocycles. The van der Waals surface area contributed by atoms with Gasteiger partial charge in [-0.1, -0.05) is 6.58 Å². The molecule has 1 aliphatic heterocycles. The largest absolute Gasteiger partial charge is 0.407 e. The van der Waals surface area contributed by atoms with Crippen LogP contribution in [0.4, 0.5) is 0 Å².